The van der Waals surface area contributed by atoms with Gasteiger partial charge in [0, 0.05) is 25.8 Å². The van der Waals surface area contributed by atoms with E-state index in [1.54, 1.807) is 13.2 Å². The first-order chi connectivity index (χ1) is 9.63. The molecule has 0 saturated heterocycles. The summed E-state index contributed by atoms with van der Waals surface area (Å²) in [6.45, 7) is 1.02. The third-order valence-corrected chi connectivity index (χ3v) is 3.31. The molecule has 0 heterocycles. The predicted octanol–water partition coefficient (Wildman–Crippen LogP) is 2.93. The monoisotopic (exact) mass is 274 g/mol. The highest BCUT2D eigenvalue weighted by molar-refractivity contribution is 5.49. The fourth-order valence-electron chi connectivity index (χ4n) is 2.12. The van der Waals surface area contributed by atoms with Gasteiger partial charge in [-0.05, 0) is 47.5 Å². The van der Waals surface area contributed by atoms with Crippen molar-refractivity contribution in [2.45, 2.75) is 13.1 Å². The molecule has 4 heteroatoms. The number of rotatable bonds is 5. The fraction of sp³-hybridized carbons (Fsp3) is 0.250. The second-order valence-electron chi connectivity index (χ2n) is 4.67. The Morgan fingerprint density at radius 2 is 1.80 bits per heavy atom. The molecule has 0 fully saturated rings. The van der Waals surface area contributed by atoms with Crippen LogP contribution < -0.4 is 15.4 Å². The summed E-state index contributed by atoms with van der Waals surface area (Å²) in [6, 6.07) is 12.6. The average molecular weight is 274 g/mol. The van der Waals surface area contributed by atoms with Gasteiger partial charge in [0.2, 0.25) is 0 Å². The number of benzene rings is 2. The summed E-state index contributed by atoms with van der Waals surface area (Å²) < 4.78 is 18.3. The summed E-state index contributed by atoms with van der Waals surface area (Å²) in [4.78, 5) is 2.09. The van der Waals surface area contributed by atoms with E-state index in [1.165, 1.54) is 12.1 Å². The molecule has 0 bridgehead atoms. The molecular formula is C16H19FN2O. The average Bonchev–Trinajstić information content (AvgIpc) is 2.49. The summed E-state index contributed by atoms with van der Waals surface area (Å²) in [7, 11) is 3.64. The Kier molecular flexibility index (Phi) is 4.58. The Bertz CT molecular complexity index is 569. The zero-order valence-corrected chi connectivity index (χ0v) is 11.8. The first-order valence-electron chi connectivity index (χ1n) is 6.46. The summed E-state index contributed by atoms with van der Waals surface area (Å²) in [6.07, 6.45) is 0. The van der Waals surface area contributed by atoms with Crippen molar-refractivity contribution in [3.8, 4) is 5.75 Å². The van der Waals surface area contributed by atoms with Crippen molar-refractivity contribution >= 4 is 5.69 Å². The number of halogens is 1. The van der Waals surface area contributed by atoms with Crippen molar-refractivity contribution in [1.82, 2.24) is 0 Å². The minimum Gasteiger partial charge on any atom is -0.497 e. The van der Waals surface area contributed by atoms with E-state index in [9.17, 15) is 4.39 Å². The van der Waals surface area contributed by atoms with Gasteiger partial charge >= 0.3 is 0 Å². The van der Waals surface area contributed by atoms with Gasteiger partial charge in [0.25, 0.3) is 0 Å². The minimum atomic E-state index is -0.249. The summed E-state index contributed by atoms with van der Waals surface area (Å²) >= 11 is 0. The first kappa shape index (κ1) is 14.3. The minimum absolute atomic E-state index is 0.249. The number of methoxy groups -OCH3 is 1. The van der Waals surface area contributed by atoms with Gasteiger partial charge in [0.05, 0.1) is 7.11 Å². The maximum Gasteiger partial charge on any atom is 0.123 e. The van der Waals surface area contributed by atoms with Gasteiger partial charge in [-0.15, -0.1) is 0 Å². The standard InChI is InChI=1S/C16H19FN2O/c1-19(15-5-7-16(20-2)8-6-15)11-12-3-4-14(17)9-13(12)10-18/h3-9H,10-11,18H2,1-2H3. The highest BCUT2D eigenvalue weighted by Crippen LogP contribution is 2.21. The first-order valence-corrected chi connectivity index (χ1v) is 6.46. The van der Waals surface area contributed by atoms with Crippen LogP contribution in [0.2, 0.25) is 0 Å². The van der Waals surface area contributed by atoms with Gasteiger partial charge < -0.3 is 15.4 Å². The zero-order chi connectivity index (χ0) is 14.5. The Morgan fingerprint density at radius 3 is 2.40 bits per heavy atom. The molecule has 0 spiro atoms. The smallest absolute Gasteiger partial charge is 0.123 e. The number of nitrogens with two attached hydrogens (primary N) is 1. The predicted molar refractivity (Wildman–Crippen MR) is 79.4 cm³/mol. The normalized spacial score (nSPS) is 10.4. The van der Waals surface area contributed by atoms with E-state index in [1.807, 2.05) is 31.3 Å². The summed E-state index contributed by atoms with van der Waals surface area (Å²) in [5.41, 5.74) is 8.61. The molecule has 2 N–H and O–H groups in total. The van der Waals surface area contributed by atoms with Gasteiger partial charge in [0.15, 0.2) is 0 Å². The lowest BCUT2D eigenvalue weighted by Crippen LogP contribution is -2.18. The van der Waals surface area contributed by atoms with Crippen LogP contribution in [0.25, 0.3) is 0 Å². The van der Waals surface area contributed by atoms with E-state index in [2.05, 4.69) is 4.90 Å². The number of hydrogen-bond acceptors (Lipinski definition) is 3. The zero-order valence-electron chi connectivity index (χ0n) is 11.8. The number of hydrogen-bond donors (Lipinski definition) is 1. The molecule has 0 aromatic heterocycles. The molecular weight excluding hydrogens is 255 g/mol. The maximum absolute atomic E-state index is 13.2. The molecule has 0 aliphatic heterocycles. The molecule has 20 heavy (non-hydrogen) atoms. The van der Waals surface area contributed by atoms with Crippen LogP contribution in [0.1, 0.15) is 11.1 Å². The van der Waals surface area contributed by atoms with E-state index in [4.69, 9.17) is 10.5 Å². The third kappa shape index (κ3) is 3.27. The maximum atomic E-state index is 13.2. The van der Waals surface area contributed by atoms with Crippen molar-refractivity contribution in [3.63, 3.8) is 0 Å². The lowest BCUT2D eigenvalue weighted by molar-refractivity contribution is 0.415. The van der Waals surface area contributed by atoms with Crippen LogP contribution in [0.15, 0.2) is 42.5 Å². The SMILES string of the molecule is COc1ccc(N(C)Cc2ccc(F)cc2CN)cc1. The lowest BCUT2D eigenvalue weighted by Gasteiger charge is -2.21. The highest BCUT2D eigenvalue weighted by Gasteiger charge is 2.07. The van der Waals surface area contributed by atoms with Gasteiger partial charge in [0.1, 0.15) is 11.6 Å². The van der Waals surface area contributed by atoms with Crippen molar-refractivity contribution in [3.05, 3.63) is 59.4 Å². The van der Waals surface area contributed by atoms with Gasteiger partial charge in [-0.2, -0.15) is 0 Å². The molecule has 2 aromatic carbocycles. The largest absolute Gasteiger partial charge is 0.497 e. The fourth-order valence-corrected chi connectivity index (χ4v) is 2.12. The number of nitrogens with zero attached hydrogens (tertiary/aromatic N) is 1. The second-order valence-corrected chi connectivity index (χ2v) is 4.67. The molecule has 0 radical (unpaired) electrons. The van der Waals surface area contributed by atoms with Crippen LogP contribution in [0.4, 0.5) is 10.1 Å². The molecule has 0 aliphatic carbocycles. The molecule has 2 aromatic rings. The summed E-state index contributed by atoms with van der Waals surface area (Å²) in [5.74, 6) is 0.577. The molecule has 106 valence electrons. The molecule has 0 aliphatic rings. The molecule has 0 saturated carbocycles. The van der Waals surface area contributed by atoms with E-state index in [-0.39, 0.29) is 5.82 Å². The van der Waals surface area contributed by atoms with Crippen LogP contribution in [0.3, 0.4) is 0 Å². The second kappa shape index (κ2) is 6.39. The van der Waals surface area contributed by atoms with Crippen LogP contribution in [0.5, 0.6) is 5.75 Å². The van der Waals surface area contributed by atoms with Gasteiger partial charge in [-0.3, -0.25) is 0 Å². The Balaban J connectivity index is 2.16. The van der Waals surface area contributed by atoms with E-state index in [0.29, 0.717) is 13.1 Å². The third-order valence-electron chi connectivity index (χ3n) is 3.31. The van der Waals surface area contributed by atoms with Crippen LogP contribution in [-0.2, 0) is 13.1 Å². The molecule has 0 atom stereocenters. The van der Waals surface area contributed by atoms with E-state index < -0.39 is 0 Å². The quantitative estimate of drug-likeness (QED) is 0.911. The Hall–Kier alpha value is -2.07. The lowest BCUT2D eigenvalue weighted by atomic mass is 10.1. The molecule has 0 unspecified atom stereocenters. The Morgan fingerprint density at radius 1 is 1.10 bits per heavy atom. The van der Waals surface area contributed by atoms with Crippen molar-refractivity contribution < 1.29 is 9.13 Å². The molecule has 3 nitrogen and oxygen atoms in total. The molecule has 0 amide bonds. The van der Waals surface area contributed by atoms with Crippen molar-refractivity contribution in [2.75, 3.05) is 19.1 Å². The Labute approximate surface area is 118 Å². The molecule has 2 rings (SSSR count). The van der Waals surface area contributed by atoms with Crippen molar-refractivity contribution in [1.29, 1.82) is 0 Å². The van der Waals surface area contributed by atoms with Crippen LogP contribution in [-0.4, -0.2) is 14.2 Å². The van der Waals surface area contributed by atoms with E-state index in [0.717, 1.165) is 22.6 Å². The van der Waals surface area contributed by atoms with Crippen LogP contribution in [0, 0.1) is 5.82 Å². The number of ether oxygens (including phenoxy) is 1. The van der Waals surface area contributed by atoms with Crippen molar-refractivity contribution in [2.24, 2.45) is 5.73 Å². The topological polar surface area (TPSA) is 38.5 Å². The summed E-state index contributed by atoms with van der Waals surface area (Å²) in [5, 5.41) is 0. The number of anilines is 1. The van der Waals surface area contributed by atoms with Gasteiger partial charge in [-0.1, -0.05) is 6.07 Å². The van der Waals surface area contributed by atoms with Crippen LogP contribution >= 0.6 is 0 Å². The van der Waals surface area contributed by atoms with Gasteiger partial charge in [-0.25, -0.2) is 4.39 Å². The van der Waals surface area contributed by atoms with E-state index >= 15 is 0 Å². The highest BCUT2D eigenvalue weighted by atomic mass is 19.1.